The van der Waals surface area contributed by atoms with E-state index < -0.39 is 30.5 Å². The normalized spacial score (nSPS) is 18.6. The number of hydrogen-bond acceptors (Lipinski definition) is 7. The van der Waals surface area contributed by atoms with E-state index in [1.807, 2.05) is 0 Å². The molecule has 0 heterocycles. The summed E-state index contributed by atoms with van der Waals surface area (Å²) >= 11 is 0. The largest absolute Gasteiger partial charge is 0.522 e. The van der Waals surface area contributed by atoms with Crippen LogP contribution in [0.15, 0.2) is 48.5 Å². The van der Waals surface area contributed by atoms with E-state index in [2.05, 4.69) is 4.74 Å². The number of alkyl halides is 3. The van der Waals surface area contributed by atoms with Gasteiger partial charge in [0, 0.05) is 17.5 Å². The predicted octanol–water partition coefficient (Wildman–Crippen LogP) is 4.61. The van der Waals surface area contributed by atoms with Gasteiger partial charge in [0.15, 0.2) is 0 Å². The Bertz CT molecular complexity index is 1010. The number of rotatable bonds is 7. The van der Waals surface area contributed by atoms with Gasteiger partial charge in [-0.25, -0.2) is 9.59 Å². The third-order valence-electron chi connectivity index (χ3n) is 5.17. The van der Waals surface area contributed by atoms with Crippen molar-refractivity contribution in [2.75, 3.05) is 11.5 Å². The molecule has 0 bridgehead atoms. The van der Waals surface area contributed by atoms with Crippen LogP contribution < -0.4 is 11.5 Å². The van der Waals surface area contributed by atoms with Crippen molar-refractivity contribution in [3.63, 3.8) is 0 Å². The molecule has 1 fully saturated rings. The van der Waals surface area contributed by atoms with Gasteiger partial charge in [-0.15, -0.1) is 13.2 Å². The number of carbonyl (C=O) groups is 2. The van der Waals surface area contributed by atoms with Crippen molar-refractivity contribution in [3.05, 3.63) is 65.2 Å². The van der Waals surface area contributed by atoms with Gasteiger partial charge in [0.1, 0.15) is 12.7 Å². The Balaban J connectivity index is 1.44. The molecule has 1 aliphatic carbocycles. The SMILES string of the molecule is Nc1cc(N)cc(COC(=O)/C=C/c2ccc(C(=O)OC3CCC(OC(F)(F)F)CC3)cc2)c1. The summed E-state index contributed by atoms with van der Waals surface area (Å²) in [5.74, 6) is -1.12. The van der Waals surface area contributed by atoms with Gasteiger partial charge in [-0.3, -0.25) is 4.74 Å². The number of anilines is 2. The van der Waals surface area contributed by atoms with Crippen molar-refractivity contribution in [1.29, 1.82) is 0 Å². The Hall–Kier alpha value is -3.53. The van der Waals surface area contributed by atoms with E-state index in [1.165, 1.54) is 12.2 Å². The van der Waals surface area contributed by atoms with E-state index >= 15 is 0 Å². The van der Waals surface area contributed by atoms with E-state index in [1.54, 1.807) is 42.5 Å². The molecule has 0 spiro atoms. The fraction of sp³-hybridized carbons (Fsp3) is 0.333. The van der Waals surface area contributed by atoms with Gasteiger partial charge in [-0.2, -0.15) is 0 Å². The summed E-state index contributed by atoms with van der Waals surface area (Å²) in [6.07, 6.45) is -2.29. The lowest BCUT2D eigenvalue weighted by atomic mass is 9.95. The minimum atomic E-state index is -4.66. The topological polar surface area (TPSA) is 114 Å². The zero-order chi connectivity index (χ0) is 24.7. The van der Waals surface area contributed by atoms with Crippen LogP contribution in [-0.2, 0) is 25.6 Å². The van der Waals surface area contributed by atoms with Crippen LogP contribution in [0, 0.1) is 0 Å². The van der Waals surface area contributed by atoms with Gasteiger partial charge in [0.25, 0.3) is 0 Å². The quantitative estimate of drug-likeness (QED) is 0.339. The Morgan fingerprint density at radius 2 is 1.53 bits per heavy atom. The summed E-state index contributed by atoms with van der Waals surface area (Å²) < 4.78 is 51.5. The molecule has 0 aromatic heterocycles. The first-order valence-electron chi connectivity index (χ1n) is 10.6. The number of esters is 2. The Morgan fingerprint density at radius 1 is 0.941 bits per heavy atom. The van der Waals surface area contributed by atoms with Crippen LogP contribution >= 0.6 is 0 Å². The molecule has 7 nitrogen and oxygen atoms in total. The number of halogens is 3. The van der Waals surface area contributed by atoms with Crippen molar-refractivity contribution in [2.45, 2.75) is 50.9 Å². The number of hydrogen-bond donors (Lipinski definition) is 2. The second-order valence-electron chi connectivity index (χ2n) is 7.94. The molecule has 0 atom stereocenters. The number of nitrogens with two attached hydrogens (primary N) is 2. The molecule has 0 radical (unpaired) electrons. The zero-order valence-corrected chi connectivity index (χ0v) is 18.2. The molecular weight excluding hydrogens is 453 g/mol. The highest BCUT2D eigenvalue weighted by Gasteiger charge is 2.36. The van der Waals surface area contributed by atoms with Crippen LogP contribution in [0.4, 0.5) is 24.5 Å². The van der Waals surface area contributed by atoms with Crippen molar-refractivity contribution in [2.24, 2.45) is 0 Å². The molecule has 0 unspecified atom stereocenters. The number of nitrogen functional groups attached to an aromatic ring is 2. The fourth-order valence-electron chi connectivity index (χ4n) is 3.60. The first kappa shape index (κ1) is 25.1. The molecule has 182 valence electrons. The molecule has 2 aromatic carbocycles. The molecule has 1 aliphatic rings. The zero-order valence-electron chi connectivity index (χ0n) is 18.2. The summed E-state index contributed by atoms with van der Waals surface area (Å²) in [4.78, 5) is 24.3. The smallest absolute Gasteiger partial charge is 0.459 e. The highest BCUT2D eigenvalue weighted by atomic mass is 19.4. The van der Waals surface area contributed by atoms with Gasteiger partial charge in [-0.1, -0.05) is 12.1 Å². The number of carbonyl (C=O) groups excluding carboxylic acids is 2. The van der Waals surface area contributed by atoms with Gasteiger partial charge < -0.3 is 20.9 Å². The summed E-state index contributed by atoms with van der Waals surface area (Å²) in [6, 6.07) is 11.3. The highest BCUT2D eigenvalue weighted by Crippen LogP contribution is 2.29. The fourth-order valence-corrected chi connectivity index (χ4v) is 3.60. The molecule has 10 heteroatoms. The number of ether oxygens (including phenoxy) is 3. The maximum atomic E-state index is 12.3. The lowest BCUT2D eigenvalue weighted by molar-refractivity contribution is -0.346. The van der Waals surface area contributed by atoms with Crippen LogP contribution in [0.5, 0.6) is 0 Å². The van der Waals surface area contributed by atoms with E-state index in [-0.39, 0.29) is 19.4 Å². The second kappa shape index (κ2) is 11.1. The van der Waals surface area contributed by atoms with E-state index in [0.717, 1.165) is 0 Å². The predicted molar refractivity (Wildman–Crippen MR) is 119 cm³/mol. The summed E-state index contributed by atoms with van der Waals surface area (Å²) in [5, 5.41) is 0. The minimum Gasteiger partial charge on any atom is -0.459 e. The van der Waals surface area contributed by atoms with E-state index in [4.69, 9.17) is 20.9 Å². The molecule has 0 aliphatic heterocycles. The Morgan fingerprint density at radius 3 is 2.12 bits per heavy atom. The summed E-state index contributed by atoms with van der Waals surface area (Å²) in [5.41, 5.74) is 14.0. The molecule has 1 saturated carbocycles. The average Bonchev–Trinajstić information content (AvgIpc) is 2.76. The standard InChI is InChI=1S/C24H25F3N2O5/c25-24(26,27)34-21-8-6-20(7-9-21)33-23(31)17-4-1-15(2-5-17)3-10-22(30)32-14-16-11-18(28)13-19(29)12-16/h1-5,10-13,20-21H,6-9,14,28-29H2/b10-3+. The monoisotopic (exact) mass is 478 g/mol. The van der Waals surface area contributed by atoms with Gasteiger partial charge in [0.2, 0.25) is 0 Å². The van der Waals surface area contributed by atoms with E-state index in [9.17, 15) is 22.8 Å². The first-order chi connectivity index (χ1) is 16.1. The van der Waals surface area contributed by atoms with Crippen LogP contribution in [0.1, 0.15) is 47.2 Å². The van der Waals surface area contributed by atoms with Gasteiger partial charge >= 0.3 is 18.3 Å². The molecule has 2 aromatic rings. The molecule has 0 saturated heterocycles. The minimum absolute atomic E-state index is 0.0213. The highest BCUT2D eigenvalue weighted by molar-refractivity contribution is 5.90. The van der Waals surface area contributed by atoms with Crippen molar-refractivity contribution >= 4 is 29.4 Å². The third-order valence-corrected chi connectivity index (χ3v) is 5.17. The maximum absolute atomic E-state index is 12.3. The lowest BCUT2D eigenvalue weighted by Gasteiger charge is -2.28. The maximum Gasteiger partial charge on any atom is 0.522 e. The van der Waals surface area contributed by atoms with Gasteiger partial charge in [-0.05, 0) is 73.2 Å². The van der Waals surface area contributed by atoms with Gasteiger partial charge in [0.05, 0.1) is 11.7 Å². The Labute approximate surface area is 194 Å². The van der Waals surface area contributed by atoms with Crippen molar-refractivity contribution in [1.82, 2.24) is 0 Å². The molecule has 3 rings (SSSR count). The molecular formula is C24H25F3N2O5. The molecule has 0 amide bonds. The van der Waals surface area contributed by atoms with Crippen molar-refractivity contribution < 1.29 is 37.0 Å². The first-order valence-corrected chi connectivity index (χ1v) is 10.6. The number of benzene rings is 2. The lowest BCUT2D eigenvalue weighted by Crippen LogP contribution is -2.31. The third kappa shape index (κ3) is 8.11. The van der Waals surface area contributed by atoms with Crippen LogP contribution in [0.25, 0.3) is 6.08 Å². The van der Waals surface area contributed by atoms with Crippen LogP contribution in [0.3, 0.4) is 0 Å². The molecule has 4 N–H and O–H groups in total. The summed E-state index contributed by atoms with van der Waals surface area (Å²) in [6.45, 7) is 0.0213. The van der Waals surface area contributed by atoms with Crippen LogP contribution in [0.2, 0.25) is 0 Å². The molecule has 34 heavy (non-hydrogen) atoms. The van der Waals surface area contributed by atoms with Crippen LogP contribution in [-0.4, -0.2) is 30.5 Å². The van der Waals surface area contributed by atoms with Crippen molar-refractivity contribution in [3.8, 4) is 0 Å². The Kier molecular flexibility index (Phi) is 8.17. The second-order valence-corrected chi connectivity index (χ2v) is 7.94. The average molecular weight is 478 g/mol. The van der Waals surface area contributed by atoms with E-state index in [0.29, 0.717) is 40.9 Å². The summed E-state index contributed by atoms with van der Waals surface area (Å²) in [7, 11) is 0.